The molecule has 0 unspecified atom stereocenters. The van der Waals surface area contributed by atoms with Crippen LogP contribution in [0.4, 0.5) is 5.69 Å². The monoisotopic (exact) mass is 280 g/mol. The molecule has 0 amide bonds. The van der Waals surface area contributed by atoms with Crippen molar-refractivity contribution in [3.8, 4) is 0 Å². The van der Waals surface area contributed by atoms with Gasteiger partial charge in [0.15, 0.2) is 0 Å². The molecule has 0 fully saturated rings. The summed E-state index contributed by atoms with van der Waals surface area (Å²) in [6.07, 6.45) is 1.26. The second-order valence-electron chi connectivity index (χ2n) is 3.63. The number of pyridine rings is 1. The number of nitrogens with zero attached hydrogens (tertiary/aromatic N) is 2. The van der Waals surface area contributed by atoms with Crippen LogP contribution in [-0.4, -0.2) is 22.5 Å². The maximum atomic E-state index is 11.7. The first-order chi connectivity index (χ1) is 9.06. The fourth-order valence-corrected chi connectivity index (χ4v) is 2.01. The molecule has 0 bridgehead atoms. The third-order valence-corrected chi connectivity index (χ3v) is 2.89. The topological polar surface area (TPSA) is 82.3 Å². The van der Waals surface area contributed by atoms with Crippen molar-refractivity contribution in [1.82, 2.24) is 4.98 Å². The number of nitro groups is 1. The molecule has 98 valence electrons. The first-order valence-corrected chi connectivity index (χ1v) is 5.82. The van der Waals surface area contributed by atoms with Crippen LogP contribution in [0.5, 0.6) is 0 Å². The number of carbonyl (C=O) groups excluding carboxylic acids is 1. The van der Waals surface area contributed by atoms with Gasteiger partial charge in [-0.05, 0) is 13.0 Å². The predicted molar refractivity (Wildman–Crippen MR) is 69.4 cm³/mol. The lowest BCUT2D eigenvalue weighted by Gasteiger charge is -2.06. The van der Waals surface area contributed by atoms with Gasteiger partial charge in [0, 0.05) is 12.3 Å². The Kier molecular flexibility index (Phi) is 3.62. The van der Waals surface area contributed by atoms with Crippen LogP contribution in [0.2, 0.25) is 5.02 Å². The van der Waals surface area contributed by atoms with E-state index in [1.54, 1.807) is 13.0 Å². The molecule has 0 spiro atoms. The summed E-state index contributed by atoms with van der Waals surface area (Å²) in [6.45, 7) is 1.84. The third-order valence-electron chi connectivity index (χ3n) is 2.50. The molecular weight excluding hydrogens is 272 g/mol. The van der Waals surface area contributed by atoms with Crippen LogP contribution in [-0.2, 0) is 4.74 Å². The van der Waals surface area contributed by atoms with Crippen molar-refractivity contribution < 1.29 is 14.5 Å². The van der Waals surface area contributed by atoms with E-state index in [1.165, 1.54) is 18.3 Å². The number of benzene rings is 1. The van der Waals surface area contributed by atoms with Crippen molar-refractivity contribution in [1.29, 1.82) is 0 Å². The van der Waals surface area contributed by atoms with Gasteiger partial charge in [0.05, 0.1) is 33.0 Å². The van der Waals surface area contributed by atoms with Gasteiger partial charge in [-0.25, -0.2) is 4.79 Å². The van der Waals surface area contributed by atoms with Gasteiger partial charge in [-0.3, -0.25) is 15.1 Å². The molecule has 0 atom stereocenters. The van der Waals surface area contributed by atoms with E-state index >= 15 is 0 Å². The molecule has 0 saturated heterocycles. The molecular formula is C12H9ClN2O4. The zero-order valence-electron chi connectivity index (χ0n) is 9.92. The van der Waals surface area contributed by atoms with Crippen molar-refractivity contribution in [2.24, 2.45) is 0 Å². The standard InChI is InChI=1S/C12H9ClN2O4/c1-2-19-12(16)7-6-14-8-4-3-5-9(15(17)18)10(8)11(7)13/h3-6H,2H2,1H3. The molecule has 2 aromatic rings. The summed E-state index contributed by atoms with van der Waals surface area (Å²) in [5.41, 5.74) is 0.179. The quantitative estimate of drug-likeness (QED) is 0.490. The Hall–Kier alpha value is -2.21. The minimum Gasteiger partial charge on any atom is -0.462 e. The molecule has 1 aromatic heterocycles. The van der Waals surface area contributed by atoms with E-state index in [-0.39, 0.29) is 28.3 Å². The maximum absolute atomic E-state index is 11.7. The number of hydrogen-bond donors (Lipinski definition) is 0. The number of hydrogen-bond acceptors (Lipinski definition) is 5. The molecule has 1 aromatic carbocycles. The first-order valence-electron chi connectivity index (χ1n) is 5.45. The SMILES string of the molecule is CCOC(=O)c1cnc2cccc([N+](=O)[O-])c2c1Cl. The lowest BCUT2D eigenvalue weighted by Crippen LogP contribution is -2.06. The van der Waals surface area contributed by atoms with Gasteiger partial charge in [0.2, 0.25) is 0 Å². The number of non-ortho nitro benzene ring substituents is 1. The highest BCUT2D eigenvalue weighted by Gasteiger charge is 2.21. The van der Waals surface area contributed by atoms with E-state index in [1.807, 2.05) is 0 Å². The van der Waals surface area contributed by atoms with Gasteiger partial charge in [-0.15, -0.1) is 0 Å². The third kappa shape index (κ3) is 2.34. The van der Waals surface area contributed by atoms with E-state index in [2.05, 4.69) is 4.98 Å². The lowest BCUT2D eigenvalue weighted by molar-refractivity contribution is -0.383. The normalized spacial score (nSPS) is 10.4. The summed E-state index contributed by atoms with van der Waals surface area (Å²) in [5.74, 6) is -0.653. The Bertz CT molecular complexity index is 672. The average molecular weight is 281 g/mol. The molecule has 0 radical (unpaired) electrons. The van der Waals surface area contributed by atoms with Gasteiger partial charge in [-0.1, -0.05) is 17.7 Å². The minimum absolute atomic E-state index is 0.0178. The molecule has 0 aliphatic heterocycles. The number of carbonyl (C=O) groups is 1. The maximum Gasteiger partial charge on any atom is 0.341 e. The largest absolute Gasteiger partial charge is 0.462 e. The van der Waals surface area contributed by atoms with Gasteiger partial charge >= 0.3 is 5.97 Å². The zero-order valence-corrected chi connectivity index (χ0v) is 10.7. The van der Waals surface area contributed by atoms with Gasteiger partial charge in [0.1, 0.15) is 0 Å². The van der Waals surface area contributed by atoms with Crippen LogP contribution >= 0.6 is 11.6 Å². The molecule has 0 aliphatic carbocycles. The summed E-state index contributed by atoms with van der Waals surface area (Å²) in [7, 11) is 0. The van der Waals surface area contributed by atoms with Crippen LogP contribution in [0.15, 0.2) is 24.4 Å². The minimum atomic E-state index is -0.653. The van der Waals surface area contributed by atoms with E-state index in [0.717, 1.165) is 0 Å². The molecule has 7 heteroatoms. The fourth-order valence-electron chi connectivity index (χ4n) is 1.69. The van der Waals surface area contributed by atoms with Crippen LogP contribution in [0.1, 0.15) is 17.3 Å². The average Bonchev–Trinajstić information content (AvgIpc) is 2.38. The van der Waals surface area contributed by atoms with Crippen molar-refractivity contribution >= 4 is 34.2 Å². The van der Waals surface area contributed by atoms with Crippen LogP contribution in [0, 0.1) is 10.1 Å². The number of rotatable bonds is 3. The Morgan fingerprint density at radius 3 is 2.89 bits per heavy atom. The van der Waals surface area contributed by atoms with Crippen molar-refractivity contribution in [3.05, 3.63) is 45.1 Å². The van der Waals surface area contributed by atoms with E-state index < -0.39 is 10.9 Å². The molecule has 2 rings (SSSR count). The molecule has 0 saturated carbocycles. The highest BCUT2D eigenvalue weighted by atomic mass is 35.5. The number of aromatic nitrogens is 1. The number of ether oxygens (including phenoxy) is 1. The number of esters is 1. The Balaban J connectivity index is 2.72. The Labute approximate surface area is 113 Å². The fraction of sp³-hybridized carbons (Fsp3) is 0.167. The molecule has 0 N–H and O–H groups in total. The second kappa shape index (κ2) is 5.19. The van der Waals surface area contributed by atoms with Gasteiger partial charge < -0.3 is 4.74 Å². The lowest BCUT2D eigenvalue weighted by atomic mass is 10.1. The molecule has 1 heterocycles. The molecule has 0 aliphatic rings. The first kappa shape index (κ1) is 13.2. The summed E-state index contributed by atoms with van der Waals surface area (Å²) < 4.78 is 4.82. The zero-order chi connectivity index (χ0) is 14.0. The Morgan fingerprint density at radius 1 is 1.53 bits per heavy atom. The van der Waals surface area contributed by atoms with Gasteiger partial charge in [0.25, 0.3) is 5.69 Å². The van der Waals surface area contributed by atoms with Crippen LogP contribution < -0.4 is 0 Å². The summed E-state index contributed by atoms with van der Waals surface area (Å²) >= 11 is 6.08. The second-order valence-corrected chi connectivity index (χ2v) is 4.01. The van der Waals surface area contributed by atoms with Crippen LogP contribution in [0.25, 0.3) is 10.9 Å². The highest BCUT2D eigenvalue weighted by Crippen LogP contribution is 2.33. The van der Waals surface area contributed by atoms with Crippen LogP contribution in [0.3, 0.4) is 0 Å². The number of halogens is 1. The van der Waals surface area contributed by atoms with E-state index in [9.17, 15) is 14.9 Å². The highest BCUT2D eigenvalue weighted by molar-refractivity contribution is 6.39. The van der Waals surface area contributed by atoms with Crippen molar-refractivity contribution in [2.45, 2.75) is 6.92 Å². The predicted octanol–water partition coefficient (Wildman–Crippen LogP) is 2.97. The smallest absolute Gasteiger partial charge is 0.341 e. The summed E-state index contributed by atoms with van der Waals surface area (Å²) in [5, 5.41) is 11.1. The number of nitro benzene ring substituents is 1. The van der Waals surface area contributed by atoms with Crippen molar-refractivity contribution in [3.63, 3.8) is 0 Å². The summed E-state index contributed by atoms with van der Waals surface area (Å²) in [4.78, 5) is 26.1. The van der Waals surface area contributed by atoms with E-state index in [4.69, 9.17) is 16.3 Å². The molecule has 6 nitrogen and oxygen atoms in total. The summed E-state index contributed by atoms with van der Waals surface area (Å²) in [6, 6.07) is 4.40. The Morgan fingerprint density at radius 2 is 2.26 bits per heavy atom. The van der Waals surface area contributed by atoms with Crippen molar-refractivity contribution in [2.75, 3.05) is 6.61 Å². The number of fused-ring (bicyclic) bond motifs is 1. The molecule has 19 heavy (non-hydrogen) atoms. The van der Waals surface area contributed by atoms with E-state index in [0.29, 0.717) is 5.52 Å². The van der Waals surface area contributed by atoms with Gasteiger partial charge in [-0.2, -0.15) is 0 Å².